The summed E-state index contributed by atoms with van der Waals surface area (Å²) in [7, 11) is 0. The van der Waals surface area contributed by atoms with E-state index in [0.717, 1.165) is 6.42 Å². The fourth-order valence-corrected chi connectivity index (χ4v) is 2.17. The molecule has 1 aliphatic rings. The van der Waals surface area contributed by atoms with Gasteiger partial charge in [-0.3, -0.25) is 0 Å². The lowest BCUT2D eigenvalue weighted by Crippen LogP contribution is -2.49. The van der Waals surface area contributed by atoms with Crippen molar-refractivity contribution in [1.29, 1.82) is 0 Å². The zero-order valence-electron chi connectivity index (χ0n) is 10.8. The zero-order valence-corrected chi connectivity index (χ0v) is 10.8. The molecule has 0 radical (unpaired) electrons. The monoisotopic (exact) mass is 271 g/mol. The van der Waals surface area contributed by atoms with Gasteiger partial charge < -0.3 is 15.2 Å². The van der Waals surface area contributed by atoms with E-state index in [4.69, 9.17) is 15.2 Å². The van der Waals surface area contributed by atoms with Crippen LogP contribution in [0.2, 0.25) is 0 Å². The van der Waals surface area contributed by atoms with E-state index in [0.29, 0.717) is 13.0 Å². The summed E-state index contributed by atoms with van der Waals surface area (Å²) in [5.74, 6) is -3.01. The van der Waals surface area contributed by atoms with Crippen molar-refractivity contribution in [2.24, 2.45) is 5.73 Å². The fourth-order valence-electron chi connectivity index (χ4n) is 2.17. The molecule has 2 rings (SSSR count). The van der Waals surface area contributed by atoms with Crippen LogP contribution in [-0.4, -0.2) is 32.0 Å². The third-order valence-corrected chi connectivity index (χ3v) is 3.41. The Morgan fingerprint density at radius 1 is 1.32 bits per heavy atom. The minimum atomic E-state index is -3.01. The maximum absolute atomic E-state index is 14.0. The van der Waals surface area contributed by atoms with Crippen molar-refractivity contribution in [2.45, 2.75) is 24.4 Å². The van der Waals surface area contributed by atoms with Crippen molar-refractivity contribution in [1.82, 2.24) is 0 Å². The Morgan fingerprint density at radius 3 is 2.63 bits per heavy atom. The SMILES string of the molecule is NCC1(OCC(F)(F)c2ccccc2)CCCOC1. The largest absolute Gasteiger partial charge is 0.378 e. The molecule has 0 aliphatic carbocycles. The first kappa shape index (κ1) is 14.4. The number of halogens is 2. The van der Waals surface area contributed by atoms with Crippen LogP contribution in [0.5, 0.6) is 0 Å². The molecule has 1 aliphatic heterocycles. The van der Waals surface area contributed by atoms with Crippen molar-refractivity contribution in [3.8, 4) is 0 Å². The van der Waals surface area contributed by atoms with Gasteiger partial charge in [0.1, 0.15) is 12.2 Å². The van der Waals surface area contributed by atoms with Gasteiger partial charge in [-0.1, -0.05) is 30.3 Å². The summed E-state index contributed by atoms with van der Waals surface area (Å²) in [5, 5.41) is 0. The van der Waals surface area contributed by atoms with Gasteiger partial charge in [-0.2, -0.15) is 8.78 Å². The van der Waals surface area contributed by atoms with Crippen LogP contribution in [0.15, 0.2) is 30.3 Å². The molecule has 1 atom stereocenters. The lowest BCUT2D eigenvalue weighted by Gasteiger charge is -2.37. The number of hydrogen-bond donors (Lipinski definition) is 1. The van der Waals surface area contributed by atoms with Crippen LogP contribution in [0.1, 0.15) is 18.4 Å². The molecule has 1 saturated heterocycles. The van der Waals surface area contributed by atoms with E-state index in [2.05, 4.69) is 0 Å². The average Bonchev–Trinajstić information content (AvgIpc) is 2.47. The smallest absolute Gasteiger partial charge is 0.296 e. The highest BCUT2D eigenvalue weighted by Gasteiger charge is 2.39. The number of alkyl halides is 2. The molecule has 3 nitrogen and oxygen atoms in total. The first-order valence-electron chi connectivity index (χ1n) is 6.43. The molecule has 0 bridgehead atoms. The Bertz CT molecular complexity index is 392. The highest BCUT2D eigenvalue weighted by molar-refractivity contribution is 5.20. The Hall–Kier alpha value is -1.04. The number of rotatable bonds is 5. The van der Waals surface area contributed by atoms with Gasteiger partial charge in [0.25, 0.3) is 5.92 Å². The molecule has 1 fully saturated rings. The van der Waals surface area contributed by atoms with Crippen LogP contribution in [0.4, 0.5) is 8.78 Å². The van der Waals surface area contributed by atoms with Gasteiger partial charge in [-0.25, -0.2) is 0 Å². The maximum atomic E-state index is 14.0. The van der Waals surface area contributed by atoms with Crippen LogP contribution in [0.3, 0.4) is 0 Å². The average molecular weight is 271 g/mol. The van der Waals surface area contributed by atoms with Crippen molar-refractivity contribution >= 4 is 0 Å². The Balaban J connectivity index is 2.00. The van der Waals surface area contributed by atoms with E-state index >= 15 is 0 Å². The standard InChI is InChI=1S/C14H19F2NO2/c15-14(16,12-5-2-1-3-6-12)11-19-13(9-17)7-4-8-18-10-13/h1-3,5-6H,4,7-11,17H2. The number of benzene rings is 1. The quantitative estimate of drug-likeness (QED) is 0.893. The molecule has 0 spiro atoms. The molecule has 0 amide bonds. The number of hydrogen-bond acceptors (Lipinski definition) is 3. The van der Waals surface area contributed by atoms with Crippen molar-refractivity contribution in [2.75, 3.05) is 26.4 Å². The molecule has 2 N–H and O–H groups in total. The van der Waals surface area contributed by atoms with Gasteiger partial charge in [0.2, 0.25) is 0 Å². The third-order valence-electron chi connectivity index (χ3n) is 3.41. The van der Waals surface area contributed by atoms with E-state index in [1.165, 1.54) is 12.1 Å². The molecule has 1 aromatic carbocycles. The topological polar surface area (TPSA) is 44.5 Å². The predicted molar refractivity (Wildman–Crippen MR) is 68.1 cm³/mol. The first-order chi connectivity index (χ1) is 9.08. The van der Waals surface area contributed by atoms with Crippen molar-refractivity contribution in [3.63, 3.8) is 0 Å². The summed E-state index contributed by atoms with van der Waals surface area (Å²) in [6.07, 6.45) is 1.45. The molecule has 0 aromatic heterocycles. The van der Waals surface area contributed by atoms with Crippen LogP contribution < -0.4 is 5.73 Å². The van der Waals surface area contributed by atoms with Gasteiger partial charge in [0.15, 0.2) is 0 Å². The maximum Gasteiger partial charge on any atom is 0.296 e. The summed E-state index contributed by atoms with van der Waals surface area (Å²) in [4.78, 5) is 0. The van der Waals surface area contributed by atoms with Crippen molar-refractivity contribution < 1.29 is 18.3 Å². The minimum Gasteiger partial charge on any atom is -0.378 e. The lowest BCUT2D eigenvalue weighted by atomic mass is 9.96. The fraction of sp³-hybridized carbons (Fsp3) is 0.571. The molecular formula is C14H19F2NO2. The molecular weight excluding hydrogens is 252 g/mol. The van der Waals surface area contributed by atoms with Crippen LogP contribution in [0.25, 0.3) is 0 Å². The summed E-state index contributed by atoms with van der Waals surface area (Å²) >= 11 is 0. The highest BCUT2D eigenvalue weighted by Crippen LogP contribution is 2.31. The molecule has 5 heteroatoms. The molecule has 1 heterocycles. The predicted octanol–water partition coefficient (Wildman–Crippen LogP) is 2.30. The van der Waals surface area contributed by atoms with E-state index in [1.54, 1.807) is 18.2 Å². The molecule has 1 unspecified atom stereocenters. The Kier molecular flexibility index (Phi) is 4.50. The van der Waals surface area contributed by atoms with E-state index in [9.17, 15) is 8.78 Å². The number of ether oxygens (including phenoxy) is 2. The Morgan fingerprint density at radius 2 is 2.05 bits per heavy atom. The minimum absolute atomic E-state index is 0.0427. The second-order valence-electron chi connectivity index (χ2n) is 4.90. The van der Waals surface area contributed by atoms with Gasteiger partial charge in [-0.05, 0) is 12.8 Å². The van der Waals surface area contributed by atoms with E-state index in [-0.39, 0.29) is 18.7 Å². The molecule has 106 valence electrons. The molecule has 19 heavy (non-hydrogen) atoms. The normalized spacial score (nSPS) is 24.4. The second-order valence-corrected chi connectivity index (χ2v) is 4.90. The number of nitrogens with two attached hydrogens (primary N) is 1. The summed E-state index contributed by atoms with van der Waals surface area (Å²) in [6, 6.07) is 7.68. The third kappa shape index (κ3) is 3.49. The summed E-state index contributed by atoms with van der Waals surface area (Å²) < 4.78 is 38.8. The first-order valence-corrected chi connectivity index (χ1v) is 6.43. The summed E-state index contributed by atoms with van der Waals surface area (Å²) in [6.45, 7) is 0.448. The molecule has 0 saturated carbocycles. The highest BCUT2D eigenvalue weighted by atomic mass is 19.3. The van der Waals surface area contributed by atoms with Crippen LogP contribution in [0, 0.1) is 0 Å². The van der Waals surface area contributed by atoms with Gasteiger partial charge in [0, 0.05) is 18.7 Å². The van der Waals surface area contributed by atoms with Crippen LogP contribution in [-0.2, 0) is 15.4 Å². The molecule has 1 aromatic rings. The van der Waals surface area contributed by atoms with E-state index < -0.39 is 18.1 Å². The Labute approximate surface area is 111 Å². The van der Waals surface area contributed by atoms with Gasteiger partial charge in [0.05, 0.1) is 6.61 Å². The zero-order chi connectivity index (χ0) is 13.8. The second kappa shape index (κ2) is 5.94. The van der Waals surface area contributed by atoms with Gasteiger partial charge in [-0.15, -0.1) is 0 Å². The summed E-state index contributed by atoms with van der Waals surface area (Å²) in [5.41, 5.74) is 4.85. The van der Waals surface area contributed by atoms with Crippen LogP contribution >= 0.6 is 0 Å². The van der Waals surface area contributed by atoms with Gasteiger partial charge >= 0.3 is 0 Å². The van der Waals surface area contributed by atoms with Crippen molar-refractivity contribution in [3.05, 3.63) is 35.9 Å². The lowest BCUT2D eigenvalue weighted by molar-refractivity contribution is -0.176. The van der Waals surface area contributed by atoms with E-state index in [1.807, 2.05) is 0 Å².